The SMILES string of the molecule is Fc1ccc(C(F)(F)F)cc1CNCc1ccc(Cl)nc1. The Bertz CT molecular complexity index is 611. The summed E-state index contributed by atoms with van der Waals surface area (Å²) in [4.78, 5) is 3.87. The minimum atomic E-state index is -4.48. The van der Waals surface area contributed by atoms with Crippen molar-refractivity contribution in [2.75, 3.05) is 0 Å². The van der Waals surface area contributed by atoms with Crippen LogP contribution >= 0.6 is 11.6 Å². The van der Waals surface area contributed by atoms with E-state index in [-0.39, 0.29) is 12.1 Å². The Balaban J connectivity index is 2.01. The molecule has 0 bridgehead atoms. The Morgan fingerprint density at radius 1 is 1.10 bits per heavy atom. The van der Waals surface area contributed by atoms with Gasteiger partial charge in [0.2, 0.25) is 0 Å². The highest BCUT2D eigenvalue weighted by molar-refractivity contribution is 6.29. The number of hydrogen-bond donors (Lipinski definition) is 1. The van der Waals surface area contributed by atoms with Crippen LogP contribution in [0.4, 0.5) is 17.6 Å². The molecule has 0 aliphatic carbocycles. The predicted molar refractivity (Wildman–Crippen MR) is 71.2 cm³/mol. The third-order valence-corrected chi connectivity index (χ3v) is 3.03. The van der Waals surface area contributed by atoms with Gasteiger partial charge in [0.25, 0.3) is 0 Å². The van der Waals surface area contributed by atoms with Crippen LogP contribution in [0.3, 0.4) is 0 Å². The molecule has 1 N–H and O–H groups in total. The van der Waals surface area contributed by atoms with Crippen LogP contribution in [-0.2, 0) is 19.3 Å². The molecule has 0 aliphatic rings. The average molecular weight is 319 g/mol. The maximum Gasteiger partial charge on any atom is 0.416 e. The Labute approximate surface area is 123 Å². The van der Waals surface area contributed by atoms with E-state index in [2.05, 4.69) is 10.3 Å². The molecule has 2 rings (SSSR count). The van der Waals surface area contributed by atoms with Crippen molar-refractivity contribution in [3.63, 3.8) is 0 Å². The van der Waals surface area contributed by atoms with Gasteiger partial charge < -0.3 is 5.32 Å². The molecule has 0 saturated carbocycles. The summed E-state index contributed by atoms with van der Waals surface area (Å²) < 4.78 is 51.2. The van der Waals surface area contributed by atoms with E-state index in [0.29, 0.717) is 11.7 Å². The lowest BCUT2D eigenvalue weighted by Crippen LogP contribution is -2.15. The van der Waals surface area contributed by atoms with E-state index in [1.54, 1.807) is 12.1 Å². The van der Waals surface area contributed by atoms with Gasteiger partial charge >= 0.3 is 6.18 Å². The fourth-order valence-electron chi connectivity index (χ4n) is 1.74. The first kappa shape index (κ1) is 15.7. The first-order valence-corrected chi connectivity index (χ1v) is 6.41. The van der Waals surface area contributed by atoms with Crippen LogP contribution in [0.1, 0.15) is 16.7 Å². The van der Waals surface area contributed by atoms with Crippen molar-refractivity contribution in [3.05, 3.63) is 64.2 Å². The fraction of sp³-hybridized carbons (Fsp3) is 0.214. The van der Waals surface area contributed by atoms with Crippen LogP contribution in [-0.4, -0.2) is 4.98 Å². The van der Waals surface area contributed by atoms with Gasteiger partial charge in [0.15, 0.2) is 0 Å². The summed E-state index contributed by atoms with van der Waals surface area (Å²) >= 11 is 5.63. The smallest absolute Gasteiger partial charge is 0.308 e. The summed E-state index contributed by atoms with van der Waals surface area (Å²) in [5, 5.41) is 3.22. The van der Waals surface area contributed by atoms with E-state index in [1.807, 2.05) is 0 Å². The molecular weight excluding hydrogens is 308 g/mol. The highest BCUT2D eigenvalue weighted by atomic mass is 35.5. The number of rotatable bonds is 4. The second kappa shape index (κ2) is 6.41. The van der Waals surface area contributed by atoms with Crippen molar-refractivity contribution in [3.8, 4) is 0 Å². The fourth-order valence-corrected chi connectivity index (χ4v) is 1.85. The van der Waals surface area contributed by atoms with Gasteiger partial charge in [0.1, 0.15) is 11.0 Å². The number of nitrogens with zero attached hydrogens (tertiary/aromatic N) is 1. The third-order valence-electron chi connectivity index (χ3n) is 2.81. The first-order valence-electron chi connectivity index (χ1n) is 6.03. The molecule has 7 heteroatoms. The molecule has 0 spiro atoms. The molecule has 0 radical (unpaired) electrons. The highest BCUT2D eigenvalue weighted by Gasteiger charge is 2.30. The molecule has 0 unspecified atom stereocenters. The average Bonchev–Trinajstić information content (AvgIpc) is 2.42. The van der Waals surface area contributed by atoms with Gasteiger partial charge in [-0.05, 0) is 29.8 Å². The van der Waals surface area contributed by atoms with E-state index in [9.17, 15) is 17.6 Å². The maximum atomic E-state index is 13.5. The lowest BCUT2D eigenvalue weighted by molar-refractivity contribution is -0.137. The number of hydrogen-bond acceptors (Lipinski definition) is 2. The second-order valence-electron chi connectivity index (χ2n) is 4.40. The molecule has 0 amide bonds. The molecule has 112 valence electrons. The van der Waals surface area contributed by atoms with E-state index in [1.165, 1.54) is 6.20 Å². The Hall–Kier alpha value is -1.66. The van der Waals surface area contributed by atoms with E-state index in [0.717, 1.165) is 23.8 Å². The molecule has 0 aliphatic heterocycles. The lowest BCUT2D eigenvalue weighted by atomic mass is 10.1. The molecule has 1 aromatic carbocycles. The predicted octanol–water partition coefficient (Wildman–Crippen LogP) is 4.18. The third kappa shape index (κ3) is 4.41. The van der Waals surface area contributed by atoms with E-state index in [4.69, 9.17) is 11.6 Å². The number of halogens is 5. The standard InChI is InChI=1S/C14H11ClF4N2/c15-13-4-1-9(7-21-13)6-20-8-10-5-11(14(17,18)19)2-3-12(10)16/h1-5,7,20H,6,8H2. The van der Waals surface area contributed by atoms with Crippen LogP contribution in [0.15, 0.2) is 36.5 Å². The van der Waals surface area contributed by atoms with Crippen LogP contribution in [0.25, 0.3) is 0 Å². The lowest BCUT2D eigenvalue weighted by Gasteiger charge is -2.10. The Kier molecular flexibility index (Phi) is 4.80. The van der Waals surface area contributed by atoms with E-state index >= 15 is 0 Å². The van der Waals surface area contributed by atoms with Gasteiger partial charge in [-0.3, -0.25) is 0 Å². The molecule has 21 heavy (non-hydrogen) atoms. The van der Waals surface area contributed by atoms with Crippen molar-refractivity contribution < 1.29 is 17.6 Å². The molecule has 2 aromatic rings. The van der Waals surface area contributed by atoms with Crippen LogP contribution in [0.2, 0.25) is 5.15 Å². The number of benzene rings is 1. The van der Waals surface area contributed by atoms with Crippen molar-refractivity contribution in [1.29, 1.82) is 0 Å². The van der Waals surface area contributed by atoms with Gasteiger partial charge in [-0.1, -0.05) is 17.7 Å². The summed E-state index contributed by atoms with van der Waals surface area (Å²) in [7, 11) is 0. The van der Waals surface area contributed by atoms with E-state index < -0.39 is 17.6 Å². The summed E-state index contributed by atoms with van der Waals surface area (Å²) in [6.07, 6.45) is -2.94. The molecule has 1 aromatic heterocycles. The van der Waals surface area contributed by atoms with Crippen LogP contribution in [0.5, 0.6) is 0 Å². The summed E-state index contributed by atoms with van der Waals surface area (Å²) in [5.74, 6) is -0.676. The largest absolute Gasteiger partial charge is 0.416 e. The molecule has 0 atom stereocenters. The highest BCUT2D eigenvalue weighted by Crippen LogP contribution is 2.30. The summed E-state index contributed by atoms with van der Waals surface area (Å²) in [5.41, 5.74) is -0.104. The zero-order valence-corrected chi connectivity index (χ0v) is 11.5. The number of alkyl halides is 3. The quantitative estimate of drug-likeness (QED) is 0.675. The van der Waals surface area contributed by atoms with Crippen molar-refractivity contribution >= 4 is 11.6 Å². The zero-order valence-electron chi connectivity index (χ0n) is 10.7. The topological polar surface area (TPSA) is 24.9 Å². The molecular formula is C14H11ClF4N2. The van der Waals surface area contributed by atoms with Gasteiger partial charge in [-0.15, -0.1) is 0 Å². The zero-order chi connectivity index (χ0) is 15.5. The monoisotopic (exact) mass is 318 g/mol. The second-order valence-corrected chi connectivity index (χ2v) is 4.78. The Morgan fingerprint density at radius 2 is 1.86 bits per heavy atom. The first-order chi connectivity index (χ1) is 9.86. The van der Waals surface area contributed by atoms with Gasteiger partial charge in [0.05, 0.1) is 5.56 Å². The van der Waals surface area contributed by atoms with Gasteiger partial charge in [-0.25, -0.2) is 9.37 Å². The summed E-state index contributed by atoms with van der Waals surface area (Å²) in [6.45, 7) is 0.332. The van der Waals surface area contributed by atoms with Crippen LogP contribution < -0.4 is 5.32 Å². The Morgan fingerprint density at radius 3 is 2.48 bits per heavy atom. The molecule has 0 saturated heterocycles. The van der Waals surface area contributed by atoms with Crippen molar-refractivity contribution in [2.45, 2.75) is 19.3 Å². The molecule has 1 heterocycles. The van der Waals surface area contributed by atoms with Crippen molar-refractivity contribution in [2.24, 2.45) is 0 Å². The normalized spacial score (nSPS) is 11.7. The molecule has 0 fully saturated rings. The van der Waals surface area contributed by atoms with Gasteiger partial charge in [0, 0.05) is 24.8 Å². The number of pyridine rings is 1. The summed E-state index contributed by atoms with van der Waals surface area (Å²) in [6, 6.07) is 5.68. The number of nitrogens with one attached hydrogen (secondary N) is 1. The minimum Gasteiger partial charge on any atom is -0.308 e. The van der Waals surface area contributed by atoms with Crippen molar-refractivity contribution in [1.82, 2.24) is 10.3 Å². The minimum absolute atomic E-state index is 0.0155. The maximum absolute atomic E-state index is 13.5. The number of aromatic nitrogens is 1. The van der Waals surface area contributed by atoms with Gasteiger partial charge in [-0.2, -0.15) is 13.2 Å². The van der Waals surface area contributed by atoms with Crippen LogP contribution in [0, 0.1) is 5.82 Å². The molecule has 2 nitrogen and oxygen atoms in total.